The summed E-state index contributed by atoms with van der Waals surface area (Å²) in [5.41, 5.74) is 1.15. The van der Waals surface area contributed by atoms with E-state index >= 15 is 0 Å². The molecule has 0 aromatic carbocycles. The number of nitrogens with zero attached hydrogens (tertiary/aromatic N) is 1. The molecule has 4 heteroatoms. The normalized spacial score (nSPS) is 22.4. The van der Waals surface area contributed by atoms with E-state index in [1.807, 2.05) is 5.38 Å². The van der Waals surface area contributed by atoms with Crippen molar-refractivity contribution in [2.24, 2.45) is 0 Å². The second-order valence-electron chi connectivity index (χ2n) is 3.09. The Hall–Kier alpha value is -0.480. The van der Waals surface area contributed by atoms with E-state index in [0.29, 0.717) is 18.5 Å². The largest absolute Gasteiger partial charge is 0.316 e. The third kappa shape index (κ3) is 1.36. The van der Waals surface area contributed by atoms with Gasteiger partial charge in [-0.25, -0.2) is 9.37 Å². The fourth-order valence-electron chi connectivity index (χ4n) is 1.51. The smallest absolute Gasteiger partial charge is 0.155 e. The Morgan fingerprint density at radius 3 is 2.83 bits per heavy atom. The predicted octanol–water partition coefficient (Wildman–Crippen LogP) is 1.69. The van der Waals surface area contributed by atoms with Gasteiger partial charge in [0.25, 0.3) is 0 Å². The summed E-state index contributed by atoms with van der Waals surface area (Å²) >= 11 is 1.46. The highest BCUT2D eigenvalue weighted by Gasteiger charge is 2.35. The van der Waals surface area contributed by atoms with Crippen LogP contribution in [0.3, 0.4) is 0 Å². The van der Waals surface area contributed by atoms with Crippen LogP contribution < -0.4 is 5.32 Å². The standard InChI is InChI=1S/C8H11FN2S/c9-8(1-3-10-4-2-8)7-5-12-6-11-7/h5-6,10H,1-4H2. The van der Waals surface area contributed by atoms with Crippen LogP contribution in [0.25, 0.3) is 0 Å². The van der Waals surface area contributed by atoms with Crippen molar-refractivity contribution in [2.75, 3.05) is 13.1 Å². The summed E-state index contributed by atoms with van der Waals surface area (Å²) in [5.74, 6) is 0. The van der Waals surface area contributed by atoms with Crippen molar-refractivity contribution in [3.8, 4) is 0 Å². The molecule has 66 valence electrons. The fraction of sp³-hybridized carbons (Fsp3) is 0.625. The second-order valence-corrected chi connectivity index (χ2v) is 3.81. The number of aromatic nitrogens is 1. The Morgan fingerprint density at radius 1 is 1.50 bits per heavy atom. The molecule has 1 aromatic heterocycles. The molecule has 0 spiro atoms. The molecule has 0 unspecified atom stereocenters. The SMILES string of the molecule is FC1(c2cscn2)CCNCC1. The number of hydrogen-bond acceptors (Lipinski definition) is 3. The van der Waals surface area contributed by atoms with E-state index in [9.17, 15) is 4.39 Å². The van der Waals surface area contributed by atoms with E-state index in [0.717, 1.165) is 13.1 Å². The third-order valence-electron chi connectivity index (χ3n) is 2.29. The Morgan fingerprint density at radius 2 is 2.25 bits per heavy atom. The highest BCUT2D eigenvalue weighted by atomic mass is 32.1. The molecule has 12 heavy (non-hydrogen) atoms. The van der Waals surface area contributed by atoms with Gasteiger partial charge in [-0.05, 0) is 25.9 Å². The minimum Gasteiger partial charge on any atom is -0.316 e. The highest BCUT2D eigenvalue weighted by molar-refractivity contribution is 7.07. The molecule has 1 aromatic rings. The summed E-state index contributed by atoms with van der Waals surface area (Å²) in [6.07, 6.45) is 1.10. The number of hydrogen-bond donors (Lipinski definition) is 1. The van der Waals surface area contributed by atoms with Crippen LogP contribution in [-0.2, 0) is 5.67 Å². The zero-order valence-electron chi connectivity index (χ0n) is 6.72. The molecule has 0 radical (unpaired) electrons. The van der Waals surface area contributed by atoms with Crippen molar-refractivity contribution >= 4 is 11.3 Å². The van der Waals surface area contributed by atoms with Gasteiger partial charge in [-0.2, -0.15) is 0 Å². The quantitative estimate of drug-likeness (QED) is 0.722. The average Bonchev–Trinajstić information content (AvgIpc) is 2.58. The number of alkyl halides is 1. The molecule has 0 amide bonds. The Labute approximate surface area is 74.8 Å². The molecule has 1 aliphatic heterocycles. The first-order chi connectivity index (χ1) is 5.81. The molecule has 1 saturated heterocycles. The zero-order chi connectivity index (χ0) is 8.44. The molecule has 1 N–H and O–H groups in total. The molecule has 1 fully saturated rings. The van der Waals surface area contributed by atoms with Crippen LogP contribution in [0.5, 0.6) is 0 Å². The van der Waals surface area contributed by atoms with Gasteiger partial charge in [-0.3, -0.25) is 0 Å². The number of thiazole rings is 1. The lowest BCUT2D eigenvalue weighted by Crippen LogP contribution is -2.36. The number of piperidine rings is 1. The summed E-state index contributed by atoms with van der Waals surface area (Å²) < 4.78 is 14.0. The summed E-state index contributed by atoms with van der Waals surface area (Å²) in [4.78, 5) is 4.03. The van der Waals surface area contributed by atoms with Crippen molar-refractivity contribution in [3.63, 3.8) is 0 Å². The van der Waals surface area contributed by atoms with Gasteiger partial charge >= 0.3 is 0 Å². The van der Waals surface area contributed by atoms with Gasteiger partial charge in [-0.1, -0.05) is 0 Å². The number of halogens is 1. The summed E-state index contributed by atoms with van der Waals surface area (Å²) in [7, 11) is 0. The van der Waals surface area contributed by atoms with Gasteiger partial charge in [-0.15, -0.1) is 11.3 Å². The van der Waals surface area contributed by atoms with E-state index in [4.69, 9.17) is 0 Å². The number of rotatable bonds is 1. The van der Waals surface area contributed by atoms with Crippen LogP contribution in [0.4, 0.5) is 4.39 Å². The summed E-state index contributed by atoms with van der Waals surface area (Å²) in [6, 6.07) is 0. The lowest BCUT2D eigenvalue weighted by Gasteiger charge is -2.28. The first kappa shape index (κ1) is 8.13. The molecule has 2 rings (SSSR count). The minimum absolute atomic E-state index is 0.552. The van der Waals surface area contributed by atoms with E-state index in [1.54, 1.807) is 5.51 Å². The van der Waals surface area contributed by atoms with Gasteiger partial charge < -0.3 is 5.32 Å². The molecule has 2 nitrogen and oxygen atoms in total. The van der Waals surface area contributed by atoms with E-state index in [-0.39, 0.29) is 0 Å². The molecular weight excluding hydrogens is 175 g/mol. The van der Waals surface area contributed by atoms with Crippen molar-refractivity contribution in [1.82, 2.24) is 10.3 Å². The van der Waals surface area contributed by atoms with Crippen molar-refractivity contribution in [1.29, 1.82) is 0 Å². The van der Waals surface area contributed by atoms with Crippen molar-refractivity contribution in [3.05, 3.63) is 16.6 Å². The second kappa shape index (κ2) is 3.11. The van der Waals surface area contributed by atoms with Gasteiger partial charge in [0, 0.05) is 5.38 Å². The molecule has 0 aliphatic carbocycles. The van der Waals surface area contributed by atoms with Crippen LogP contribution in [0.15, 0.2) is 10.9 Å². The highest BCUT2D eigenvalue weighted by Crippen LogP contribution is 2.34. The first-order valence-electron chi connectivity index (χ1n) is 4.10. The van der Waals surface area contributed by atoms with E-state index in [1.165, 1.54) is 11.3 Å². The van der Waals surface area contributed by atoms with Crippen LogP contribution in [0.1, 0.15) is 18.5 Å². The zero-order valence-corrected chi connectivity index (χ0v) is 7.53. The Balaban J connectivity index is 2.19. The van der Waals surface area contributed by atoms with Gasteiger partial charge in [0.1, 0.15) is 0 Å². The molecule has 0 saturated carbocycles. The van der Waals surface area contributed by atoms with Gasteiger partial charge in [0.05, 0.1) is 11.2 Å². The van der Waals surface area contributed by atoms with E-state index < -0.39 is 5.67 Å². The fourth-order valence-corrected chi connectivity index (χ4v) is 2.15. The summed E-state index contributed by atoms with van der Waals surface area (Å²) in [5, 5.41) is 4.95. The Bertz CT molecular complexity index is 242. The first-order valence-corrected chi connectivity index (χ1v) is 5.04. The third-order valence-corrected chi connectivity index (χ3v) is 2.87. The molecule has 0 bridgehead atoms. The van der Waals surface area contributed by atoms with Crippen LogP contribution in [0, 0.1) is 0 Å². The molecule has 0 atom stereocenters. The topological polar surface area (TPSA) is 24.9 Å². The average molecular weight is 186 g/mol. The van der Waals surface area contributed by atoms with Gasteiger partial charge in [0.2, 0.25) is 0 Å². The predicted molar refractivity (Wildman–Crippen MR) is 47.0 cm³/mol. The number of nitrogens with one attached hydrogen (secondary N) is 1. The summed E-state index contributed by atoms with van der Waals surface area (Å²) in [6.45, 7) is 1.52. The maximum absolute atomic E-state index is 14.0. The lowest BCUT2D eigenvalue weighted by atomic mass is 9.92. The van der Waals surface area contributed by atoms with Crippen molar-refractivity contribution < 1.29 is 4.39 Å². The lowest BCUT2D eigenvalue weighted by molar-refractivity contribution is 0.111. The van der Waals surface area contributed by atoms with Crippen LogP contribution in [-0.4, -0.2) is 18.1 Å². The van der Waals surface area contributed by atoms with Crippen LogP contribution in [0.2, 0.25) is 0 Å². The van der Waals surface area contributed by atoms with Crippen LogP contribution >= 0.6 is 11.3 Å². The molecule has 2 heterocycles. The van der Waals surface area contributed by atoms with Gasteiger partial charge in [0.15, 0.2) is 5.67 Å². The van der Waals surface area contributed by atoms with E-state index in [2.05, 4.69) is 10.3 Å². The maximum Gasteiger partial charge on any atom is 0.155 e. The van der Waals surface area contributed by atoms with Crippen molar-refractivity contribution in [2.45, 2.75) is 18.5 Å². The minimum atomic E-state index is -1.16. The maximum atomic E-state index is 14.0. The Kier molecular flexibility index (Phi) is 2.11. The monoisotopic (exact) mass is 186 g/mol. The molecular formula is C8H11FN2S. The molecule has 1 aliphatic rings.